The van der Waals surface area contributed by atoms with E-state index in [1.165, 1.54) is 7.11 Å². The van der Waals surface area contributed by atoms with Gasteiger partial charge in [0.25, 0.3) is 5.91 Å². The molecular formula is C25H23N3O5. The van der Waals surface area contributed by atoms with Crippen molar-refractivity contribution in [3.05, 3.63) is 89.7 Å². The number of amides is 2. The molecule has 1 aliphatic rings. The van der Waals surface area contributed by atoms with Crippen LogP contribution in [0.15, 0.2) is 73.1 Å². The van der Waals surface area contributed by atoms with Crippen molar-refractivity contribution in [3.63, 3.8) is 0 Å². The van der Waals surface area contributed by atoms with Crippen LogP contribution in [0.3, 0.4) is 0 Å². The summed E-state index contributed by atoms with van der Waals surface area (Å²) in [6.07, 6.45) is 3.27. The number of pyridine rings is 1. The third-order valence-electron chi connectivity index (χ3n) is 5.63. The molecule has 33 heavy (non-hydrogen) atoms. The van der Waals surface area contributed by atoms with Gasteiger partial charge in [0.15, 0.2) is 0 Å². The smallest absolute Gasteiger partial charge is 0.325 e. The van der Waals surface area contributed by atoms with Gasteiger partial charge in [-0.1, -0.05) is 24.3 Å². The average molecular weight is 445 g/mol. The van der Waals surface area contributed by atoms with E-state index in [1.54, 1.807) is 79.0 Å². The van der Waals surface area contributed by atoms with Crippen LogP contribution in [0.2, 0.25) is 0 Å². The van der Waals surface area contributed by atoms with Crippen LogP contribution in [0.25, 0.3) is 0 Å². The van der Waals surface area contributed by atoms with E-state index in [4.69, 9.17) is 4.74 Å². The minimum Gasteiger partial charge on any atom is -0.497 e. The summed E-state index contributed by atoms with van der Waals surface area (Å²) in [5.41, 5.74) is 2.31. The molecular weight excluding hydrogens is 422 g/mol. The minimum atomic E-state index is -0.783. The van der Waals surface area contributed by atoms with E-state index in [2.05, 4.69) is 15.0 Å². The molecule has 0 fully saturated rings. The Balaban J connectivity index is 1.87. The van der Waals surface area contributed by atoms with Gasteiger partial charge in [-0.3, -0.25) is 24.3 Å². The van der Waals surface area contributed by atoms with E-state index in [1.807, 2.05) is 6.07 Å². The van der Waals surface area contributed by atoms with E-state index >= 15 is 0 Å². The van der Waals surface area contributed by atoms with E-state index in [0.717, 1.165) is 0 Å². The first-order chi connectivity index (χ1) is 16.0. The maximum Gasteiger partial charge on any atom is 0.325 e. The van der Waals surface area contributed by atoms with Crippen molar-refractivity contribution in [3.8, 4) is 5.75 Å². The molecule has 0 saturated carbocycles. The molecule has 0 aliphatic carbocycles. The Bertz CT molecular complexity index is 1160. The predicted octanol–water partition coefficient (Wildman–Crippen LogP) is 2.86. The van der Waals surface area contributed by atoms with Gasteiger partial charge in [0, 0.05) is 23.6 Å². The maximum atomic E-state index is 13.7. The Kier molecular flexibility index (Phi) is 6.35. The molecule has 0 saturated heterocycles. The molecule has 8 heteroatoms. The highest BCUT2D eigenvalue weighted by atomic mass is 16.5. The van der Waals surface area contributed by atoms with Crippen LogP contribution < -0.4 is 15.0 Å². The van der Waals surface area contributed by atoms with Crippen molar-refractivity contribution in [2.24, 2.45) is 0 Å². The largest absolute Gasteiger partial charge is 0.497 e. The van der Waals surface area contributed by atoms with Crippen molar-refractivity contribution in [2.45, 2.75) is 12.0 Å². The van der Waals surface area contributed by atoms with Crippen LogP contribution in [-0.2, 0) is 14.3 Å². The number of nitrogens with zero attached hydrogens (tertiary/aromatic N) is 2. The Labute approximate surface area is 191 Å². The van der Waals surface area contributed by atoms with E-state index in [9.17, 15) is 14.4 Å². The van der Waals surface area contributed by atoms with Crippen LogP contribution in [0.1, 0.15) is 33.4 Å². The number of benzene rings is 2. The zero-order chi connectivity index (χ0) is 23.4. The van der Waals surface area contributed by atoms with Crippen molar-refractivity contribution >= 4 is 23.5 Å². The van der Waals surface area contributed by atoms with E-state index in [-0.39, 0.29) is 12.5 Å². The Hall–Kier alpha value is -4.20. The number of esters is 1. The Morgan fingerprint density at radius 1 is 1.03 bits per heavy atom. The van der Waals surface area contributed by atoms with Gasteiger partial charge in [0.2, 0.25) is 5.91 Å². The van der Waals surface area contributed by atoms with Gasteiger partial charge in [-0.05, 0) is 47.5 Å². The molecule has 1 aromatic heterocycles. The average Bonchev–Trinajstić information content (AvgIpc) is 2.87. The van der Waals surface area contributed by atoms with Crippen LogP contribution in [0, 0.1) is 0 Å². The third-order valence-corrected chi connectivity index (χ3v) is 5.63. The fourth-order valence-corrected chi connectivity index (χ4v) is 4.08. The summed E-state index contributed by atoms with van der Waals surface area (Å²) in [6.45, 7) is -0.274. The zero-order valence-corrected chi connectivity index (χ0v) is 18.2. The Morgan fingerprint density at radius 2 is 1.79 bits per heavy atom. The van der Waals surface area contributed by atoms with Crippen LogP contribution >= 0.6 is 0 Å². The molecule has 1 aliphatic heterocycles. The van der Waals surface area contributed by atoms with Gasteiger partial charge in [0.05, 0.1) is 26.2 Å². The molecule has 8 nitrogen and oxygen atoms in total. The summed E-state index contributed by atoms with van der Waals surface area (Å²) in [4.78, 5) is 44.6. The van der Waals surface area contributed by atoms with Gasteiger partial charge < -0.3 is 14.8 Å². The normalized spacial score (nSPS) is 17.2. The number of rotatable bonds is 6. The molecule has 2 aromatic carbocycles. The van der Waals surface area contributed by atoms with Crippen molar-refractivity contribution in [1.29, 1.82) is 0 Å². The highest BCUT2D eigenvalue weighted by Crippen LogP contribution is 2.45. The topological polar surface area (TPSA) is 97.8 Å². The minimum absolute atomic E-state index is 0.235. The lowest BCUT2D eigenvalue weighted by atomic mass is 9.79. The van der Waals surface area contributed by atoms with Gasteiger partial charge in [-0.15, -0.1) is 0 Å². The summed E-state index contributed by atoms with van der Waals surface area (Å²) in [5.74, 6) is -1.33. The lowest BCUT2D eigenvalue weighted by Crippen LogP contribution is -2.48. The monoisotopic (exact) mass is 445 g/mol. The number of hydrogen-bond acceptors (Lipinski definition) is 6. The molecule has 4 rings (SSSR count). The van der Waals surface area contributed by atoms with Gasteiger partial charge in [-0.2, -0.15) is 0 Å². The molecule has 2 amide bonds. The highest BCUT2D eigenvalue weighted by molar-refractivity contribution is 6.11. The van der Waals surface area contributed by atoms with Gasteiger partial charge in [0.1, 0.15) is 12.3 Å². The lowest BCUT2D eigenvalue weighted by molar-refractivity contribution is -0.141. The van der Waals surface area contributed by atoms with Crippen LogP contribution in [-0.4, -0.2) is 43.5 Å². The summed E-state index contributed by atoms with van der Waals surface area (Å²) in [5, 5.41) is 2.66. The second-order valence-electron chi connectivity index (χ2n) is 7.46. The zero-order valence-electron chi connectivity index (χ0n) is 18.2. The molecule has 3 aromatic rings. The molecule has 0 bridgehead atoms. The fourth-order valence-electron chi connectivity index (χ4n) is 4.08. The quantitative estimate of drug-likeness (QED) is 0.586. The van der Waals surface area contributed by atoms with Crippen LogP contribution in [0.4, 0.5) is 5.69 Å². The third kappa shape index (κ3) is 4.27. The summed E-state index contributed by atoms with van der Waals surface area (Å²) in [7, 11) is 2.82. The molecule has 168 valence electrons. The molecule has 2 atom stereocenters. The fraction of sp³-hybridized carbons (Fsp3) is 0.200. The number of hydrogen-bond donors (Lipinski definition) is 1. The Morgan fingerprint density at radius 3 is 2.45 bits per heavy atom. The number of aromatic nitrogens is 1. The van der Waals surface area contributed by atoms with E-state index in [0.29, 0.717) is 28.1 Å². The number of methoxy groups -OCH3 is 2. The first-order valence-corrected chi connectivity index (χ1v) is 10.4. The number of ether oxygens (including phenoxy) is 2. The van der Waals surface area contributed by atoms with Crippen molar-refractivity contribution < 1.29 is 23.9 Å². The van der Waals surface area contributed by atoms with Gasteiger partial charge in [-0.25, -0.2) is 0 Å². The number of nitrogens with one attached hydrogen (secondary N) is 1. The predicted molar refractivity (Wildman–Crippen MR) is 121 cm³/mol. The lowest BCUT2D eigenvalue weighted by Gasteiger charge is -2.41. The number of carbonyl (C=O) groups is 3. The second kappa shape index (κ2) is 9.52. The van der Waals surface area contributed by atoms with Crippen molar-refractivity contribution in [1.82, 2.24) is 10.3 Å². The first-order valence-electron chi connectivity index (χ1n) is 10.4. The molecule has 2 heterocycles. The van der Waals surface area contributed by atoms with Crippen molar-refractivity contribution in [2.75, 3.05) is 25.7 Å². The molecule has 0 radical (unpaired) electrons. The SMILES string of the molecule is COC(=O)CNC(=O)C1c2ccccc2C(=O)N(c2ccc(OC)cc2)C1c1cccnc1. The summed E-state index contributed by atoms with van der Waals surface area (Å²) < 4.78 is 9.91. The standard InChI is InChI=1S/C25H23N3O5/c1-32-18-11-9-17(10-12-18)28-23(16-6-5-13-26-14-16)22(24(30)27-15-21(29)33-2)19-7-3-4-8-20(19)25(28)31/h3-14,22-23H,15H2,1-2H3,(H,27,30). The highest BCUT2D eigenvalue weighted by Gasteiger charge is 2.45. The molecule has 0 spiro atoms. The maximum absolute atomic E-state index is 13.7. The number of carbonyl (C=O) groups excluding carboxylic acids is 3. The number of fused-ring (bicyclic) bond motifs is 1. The van der Waals surface area contributed by atoms with Gasteiger partial charge >= 0.3 is 5.97 Å². The molecule has 2 unspecified atom stereocenters. The first kappa shape index (κ1) is 22.0. The second-order valence-corrected chi connectivity index (χ2v) is 7.46. The summed E-state index contributed by atoms with van der Waals surface area (Å²) in [6, 6.07) is 17.0. The summed E-state index contributed by atoms with van der Waals surface area (Å²) >= 11 is 0. The number of anilines is 1. The molecule has 1 N–H and O–H groups in total. The van der Waals surface area contributed by atoms with Crippen LogP contribution in [0.5, 0.6) is 5.75 Å². The van der Waals surface area contributed by atoms with E-state index < -0.39 is 23.8 Å².